The molecule has 3 nitrogen and oxygen atoms in total. The first-order valence-electron chi connectivity index (χ1n) is 5.45. The molecule has 0 saturated heterocycles. The fraction of sp³-hybridized carbons (Fsp3) is 0.0714. The van der Waals surface area contributed by atoms with Crippen molar-refractivity contribution in [2.45, 2.75) is 0 Å². The van der Waals surface area contributed by atoms with Gasteiger partial charge in [-0.15, -0.1) is 0 Å². The number of hydrogen-bond donors (Lipinski definition) is 1. The Balaban J connectivity index is 2.42. The number of nitrogens with one attached hydrogen (secondary N) is 1. The number of ether oxygens (including phenoxy) is 1. The van der Waals surface area contributed by atoms with E-state index in [0.717, 1.165) is 4.47 Å². The molecule has 0 aliphatic rings. The number of nitriles is 1. The van der Waals surface area contributed by atoms with E-state index in [4.69, 9.17) is 10.00 Å². The van der Waals surface area contributed by atoms with Gasteiger partial charge in [0, 0.05) is 10.5 Å². The number of benzene rings is 2. The smallest absolute Gasteiger partial charge is 0.143 e. The average molecular weight is 321 g/mol. The first-order valence-corrected chi connectivity index (χ1v) is 6.24. The Bertz CT molecular complexity index is 652. The van der Waals surface area contributed by atoms with E-state index in [0.29, 0.717) is 17.1 Å². The van der Waals surface area contributed by atoms with E-state index >= 15 is 0 Å². The van der Waals surface area contributed by atoms with Crippen molar-refractivity contribution in [3.05, 3.63) is 52.3 Å². The van der Waals surface area contributed by atoms with Crippen LogP contribution in [0.4, 0.5) is 15.8 Å². The molecule has 2 aromatic carbocycles. The zero-order valence-electron chi connectivity index (χ0n) is 10.1. The van der Waals surface area contributed by atoms with Crippen molar-refractivity contribution in [2.24, 2.45) is 0 Å². The lowest BCUT2D eigenvalue weighted by atomic mass is 10.1. The van der Waals surface area contributed by atoms with Crippen molar-refractivity contribution in [1.82, 2.24) is 0 Å². The van der Waals surface area contributed by atoms with Crippen LogP contribution in [0.2, 0.25) is 0 Å². The molecular formula is C14H10BrFN2O. The fourth-order valence-corrected chi connectivity index (χ4v) is 1.96. The molecule has 0 bridgehead atoms. The summed E-state index contributed by atoms with van der Waals surface area (Å²) in [6.45, 7) is 0. The van der Waals surface area contributed by atoms with Gasteiger partial charge in [0.2, 0.25) is 0 Å². The van der Waals surface area contributed by atoms with Crippen molar-refractivity contribution < 1.29 is 9.13 Å². The van der Waals surface area contributed by atoms with E-state index in [9.17, 15) is 4.39 Å². The minimum absolute atomic E-state index is 0.0165. The van der Waals surface area contributed by atoms with Gasteiger partial charge in [0.05, 0.1) is 18.5 Å². The third kappa shape index (κ3) is 2.85. The molecule has 96 valence electrons. The Kier molecular flexibility index (Phi) is 4.03. The quantitative estimate of drug-likeness (QED) is 0.921. The van der Waals surface area contributed by atoms with Gasteiger partial charge in [-0.25, -0.2) is 4.39 Å². The zero-order valence-corrected chi connectivity index (χ0v) is 11.7. The van der Waals surface area contributed by atoms with Crippen LogP contribution >= 0.6 is 15.9 Å². The van der Waals surface area contributed by atoms with E-state index in [1.54, 1.807) is 31.4 Å². The van der Waals surface area contributed by atoms with Crippen LogP contribution in [-0.4, -0.2) is 7.11 Å². The van der Waals surface area contributed by atoms with Crippen molar-refractivity contribution in [2.75, 3.05) is 12.4 Å². The highest BCUT2D eigenvalue weighted by molar-refractivity contribution is 9.10. The van der Waals surface area contributed by atoms with Crippen LogP contribution in [0.25, 0.3) is 0 Å². The van der Waals surface area contributed by atoms with Crippen molar-refractivity contribution >= 4 is 27.3 Å². The minimum Gasteiger partial charge on any atom is -0.497 e. The third-order valence-electron chi connectivity index (χ3n) is 2.57. The second-order valence-electron chi connectivity index (χ2n) is 3.74. The molecule has 0 atom stereocenters. The van der Waals surface area contributed by atoms with E-state index in [1.807, 2.05) is 12.1 Å². The maximum Gasteiger partial charge on any atom is 0.143 e. The van der Waals surface area contributed by atoms with Gasteiger partial charge >= 0.3 is 0 Å². The Morgan fingerprint density at radius 2 is 2.05 bits per heavy atom. The summed E-state index contributed by atoms with van der Waals surface area (Å²) in [5.41, 5.74) is 1.09. The number of nitrogens with zero attached hydrogens (tertiary/aromatic N) is 1. The molecule has 0 aliphatic heterocycles. The lowest BCUT2D eigenvalue weighted by molar-refractivity contribution is 0.415. The summed E-state index contributed by atoms with van der Waals surface area (Å²) in [4.78, 5) is 0. The zero-order chi connectivity index (χ0) is 13.8. The number of hydrogen-bond acceptors (Lipinski definition) is 3. The normalized spacial score (nSPS) is 9.79. The fourth-order valence-electron chi connectivity index (χ4n) is 1.61. The molecule has 19 heavy (non-hydrogen) atoms. The molecule has 0 heterocycles. The minimum atomic E-state index is -0.550. The summed E-state index contributed by atoms with van der Waals surface area (Å²) in [6, 6.07) is 11.7. The molecule has 0 spiro atoms. The second kappa shape index (κ2) is 5.72. The van der Waals surface area contributed by atoms with Crippen molar-refractivity contribution in [3.63, 3.8) is 0 Å². The second-order valence-corrected chi connectivity index (χ2v) is 4.60. The Labute approximate surface area is 118 Å². The van der Waals surface area contributed by atoms with Crippen LogP contribution in [-0.2, 0) is 0 Å². The summed E-state index contributed by atoms with van der Waals surface area (Å²) in [5, 5.41) is 12.0. The third-order valence-corrected chi connectivity index (χ3v) is 3.26. The van der Waals surface area contributed by atoms with Gasteiger partial charge in [0.15, 0.2) is 0 Å². The molecule has 0 aliphatic carbocycles. The van der Waals surface area contributed by atoms with E-state index in [-0.39, 0.29) is 5.56 Å². The summed E-state index contributed by atoms with van der Waals surface area (Å²) in [6.07, 6.45) is 0. The monoisotopic (exact) mass is 320 g/mol. The Morgan fingerprint density at radius 1 is 1.26 bits per heavy atom. The molecule has 2 aromatic rings. The number of anilines is 2. The highest BCUT2D eigenvalue weighted by atomic mass is 79.9. The van der Waals surface area contributed by atoms with Gasteiger partial charge in [0.25, 0.3) is 0 Å². The number of halogens is 2. The summed E-state index contributed by atoms with van der Waals surface area (Å²) < 4.78 is 19.4. The van der Waals surface area contributed by atoms with E-state index < -0.39 is 5.82 Å². The summed E-state index contributed by atoms with van der Waals surface area (Å²) in [7, 11) is 1.57. The van der Waals surface area contributed by atoms with Crippen LogP contribution in [0.5, 0.6) is 5.75 Å². The Morgan fingerprint density at radius 3 is 2.74 bits per heavy atom. The van der Waals surface area contributed by atoms with Gasteiger partial charge in [-0.1, -0.05) is 6.07 Å². The Hall–Kier alpha value is -2.06. The van der Waals surface area contributed by atoms with Crippen LogP contribution in [0, 0.1) is 17.1 Å². The predicted molar refractivity (Wildman–Crippen MR) is 75.1 cm³/mol. The van der Waals surface area contributed by atoms with Crippen LogP contribution in [0.1, 0.15) is 5.56 Å². The average Bonchev–Trinajstić information content (AvgIpc) is 2.41. The van der Waals surface area contributed by atoms with Gasteiger partial charge in [-0.05, 0) is 40.2 Å². The topological polar surface area (TPSA) is 45.0 Å². The first-order chi connectivity index (χ1) is 9.15. The maximum absolute atomic E-state index is 13.5. The van der Waals surface area contributed by atoms with Crippen LogP contribution in [0.3, 0.4) is 0 Å². The number of methoxy groups -OCH3 is 1. The van der Waals surface area contributed by atoms with Gasteiger partial charge in [-0.3, -0.25) is 0 Å². The van der Waals surface area contributed by atoms with Crippen molar-refractivity contribution in [3.8, 4) is 11.8 Å². The highest BCUT2D eigenvalue weighted by Gasteiger charge is 2.09. The molecule has 1 N–H and O–H groups in total. The summed E-state index contributed by atoms with van der Waals surface area (Å²) in [5.74, 6) is 0.118. The lowest BCUT2D eigenvalue weighted by Gasteiger charge is -2.11. The lowest BCUT2D eigenvalue weighted by Crippen LogP contribution is -1.97. The predicted octanol–water partition coefficient (Wildman–Crippen LogP) is 4.21. The van der Waals surface area contributed by atoms with Gasteiger partial charge < -0.3 is 10.1 Å². The van der Waals surface area contributed by atoms with E-state index in [1.165, 1.54) is 6.07 Å². The van der Waals surface area contributed by atoms with Crippen molar-refractivity contribution in [1.29, 1.82) is 5.26 Å². The maximum atomic E-state index is 13.5. The van der Waals surface area contributed by atoms with Gasteiger partial charge in [-0.2, -0.15) is 5.26 Å². The molecule has 0 aromatic heterocycles. The van der Waals surface area contributed by atoms with Crippen LogP contribution < -0.4 is 10.1 Å². The molecule has 0 unspecified atom stereocenters. The van der Waals surface area contributed by atoms with Crippen LogP contribution in [0.15, 0.2) is 40.9 Å². The molecular weight excluding hydrogens is 311 g/mol. The molecule has 0 amide bonds. The van der Waals surface area contributed by atoms with Gasteiger partial charge in [0.1, 0.15) is 23.2 Å². The van der Waals surface area contributed by atoms with E-state index in [2.05, 4.69) is 21.2 Å². The molecule has 5 heteroatoms. The SMILES string of the molecule is COc1ccc(Br)c(Nc2cccc(F)c2C#N)c1. The largest absolute Gasteiger partial charge is 0.497 e. The highest BCUT2D eigenvalue weighted by Crippen LogP contribution is 2.31. The number of rotatable bonds is 3. The first kappa shape index (κ1) is 13.4. The molecule has 0 saturated carbocycles. The molecule has 0 radical (unpaired) electrons. The molecule has 2 rings (SSSR count). The standard InChI is InChI=1S/C14H10BrFN2O/c1-19-9-5-6-11(15)14(7-9)18-13-4-2-3-12(16)10(13)8-17/h2-7,18H,1H3. The molecule has 0 fully saturated rings. The summed E-state index contributed by atoms with van der Waals surface area (Å²) >= 11 is 3.39.